The lowest BCUT2D eigenvalue weighted by molar-refractivity contribution is -0.121. The molecule has 0 spiro atoms. The SMILES string of the molecule is O=C(NN[C@H]1CC(=O)N(c2ccc(Cl)cc2)C1=O)c1ccccc1. The van der Waals surface area contributed by atoms with Gasteiger partial charge in [-0.15, -0.1) is 0 Å². The molecule has 3 rings (SSSR count). The van der Waals surface area contributed by atoms with Crippen LogP contribution in [0.2, 0.25) is 5.02 Å². The molecule has 0 radical (unpaired) electrons. The summed E-state index contributed by atoms with van der Waals surface area (Å²) in [5, 5.41) is 0.516. The first-order valence-electron chi connectivity index (χ1n) is 7.29. The summed E-state index contributed by atoms with van der Waals surface area (Å²) < 4.78 is 0. The minimum atomic E-state index is -0.805. The van der Waals surface area contributed by atoms with E-state index in [9.17, 15) is 14.4 Å². The Bertz CT molecular complexity index is 777. The molecule has 1 aliphatic heterocycles. The highest BCUT2D eigenvalue weighted by molar-refractivity contribution is 6.30. The fraction of sp³-hybridized carbons (Fsp3) is 0.118. The maximum Gasteiger partial charge on any atom is 0.265 e. The third kappa shape index (κ3) is 3.29. The Balaban J connectivity index is 1.66. The lowest BCUT2D eigenvalue weighted by Gasteiger charge is -2.16. The summed E-state index contributed by atoms with van der Waals surface area (Å²) in [7, 11) is 0. The number of hydrazine groups is 1. The molecule has 6 nitrogen and oxygen atoms in total. The summed E-state index contributed by atoms with van der Waals surface area (Å²) in [5.74, 6) is -1.13. The van der Waals surface area contributed by atoms with Crippen LogP contribution in [0, 0.1) is 0 Å². The van der Waals surface area contributed by atoms with Crippen LogP contribution in [-0.2, 0) is 9.59 Å². The third-order valence-corrected chi connectivity index (χ3v) is 3.88. The summed E-state index contributed by atoms with van der Waals surface area (Å²) in [6, 6.07) is 14.2. The Morgan fingerprint density at radius 1 is 1.04 bits per heavy atom. The standard InChI is InChI=1S/C17H14ClN3O3/c18-12-6-8-13(9-7-12)21-15(22)10-14(17(21)24)19-20-16(23)11-4-2-1-3-5-11/h1-9,14,19H,10H2,(H,20,23)/t14-/m0/s1. The van der Waals surface area contributed by atoms with E-state index in [0.29, 0.717) is 16.3 Å². The fourth-order valence-corrected chi connectivity index (χ4v) is 2.55. The van der Waals surface area contributed by atoms with Crippen LogP contribution in [0.4, 0.5) is 5.69 Å². The number of benzene rings is 2. The van der Waals surface area contributed by atoms with Gasteiger partial charge in [0.15, 0.2) is 0 Å². The molecule has 1 fully saturated rings. The van der Waals surface area contributed by atoms with Gasteiger partial charge in [0.05, 0.1) is 12.1 Å². The molecule has 1 heterocycles. The van der Waals surface area contributed by atoms with Gasteiger partial charge in [-0.05, 0) is 36.4 Å². The first-order valence-corrected chi connectivity index (χ1v) is 7.67. The molecule has 3 amide bonds. The maximum atomic E-state index is 12.4. The number of rotatable bonds is 4. The van der Waals surface area contributed by atoms with E-state index in [2.05, 4.69) is 10.9 Å². The van der Waals surface area contributed by atoms with E-state index in [1.54, 1.807) is 54.6 Å². The minimum Gasteiger partial charge on any atom is -0.287 e. The van der Waals surface area contributed by atoms with E-state index in [0.717, 1.165) is 4.90 Å². The maximum absolute atomic E-state index is 12.4. The van der Waals surface area contributed by atoms with Crippen molar-refractivity contribution in [1.82, 2.24) is 10.9 Å². The lowest BCUT2D eigenvalue weighted by atomic mass is 10.2. The molecule has 2 N–H and O–H groups in total. The van der Waals surface area contributed by atoms with Crippen molar-refractivity contribution in [1.29, 1.82) is 0 Å². The second-order valence-corrected chi connectivity index (χ2v) is 5.70. The second kappa shape index (κ2) is 6.82. The smallest absolute Gasteiger partial charge is 0.265 e. The van der Waals surface area contributed by atoms with Gasteiger partial charge < -0.3 is 0 Å². The Kier molecular flexibility index (Phi) is 4.59. The zero-order chi connectivity index (χ0) is 17.1. The average Bonchev–Trinajstić information content (AvgIpc) is 2.88. The summed E-state index contributed by atoms with van der Waals surface area (Å²) >= 11 is 5.81. The number of imide groups is 1. The molecular formula is C17H14ClN3O3. The normalized spacial score (nSPS) is 17.2. The lowest BCUT2D eigenvalue weighted by Crippen LogP contribution is -2.48. The van der Waals surface area contributed by atoms with Crippen molar-refractivity contribution in [3.8, 4) is 0 Å². The minimum absolute atomic E-state index is 0.0312. The van der Waals surface area contributed by atoms with Crippen LogP contribution in [-0.4, -0.2) is 23.8 Å². The highest BCUT2D eigenvalue weighted by Gasteiger charge is 2.39. The molecule has 0 unspecified atom stereocenters. The van der Waals surface area contributed by atoms with Gasteiger partial charge in [-0.3, -0.25) is 19.8 Å². The summed E-state index contributed by atoms with van der Waals surface area (Å²) in [6.45, 7) is 0. The zero-order valence-corrected chi connectivity index (χ0v) is 13.3. The highest BCUT2D eigenvalue weighted by Crippen LogP contribution is 2.24. The summed E-state index contributed by atoms with van der Waals surface area (Å²) in [6.07, 6.45) is -0.0312. The van der Waals surface area contributed by atoms with Crippen LogP contribution in [0.1, 0.15) is 16.8 Å². The molecule has 2 aromatic carbocycles. The van der Waals surface area contributed by atoms with Crippen LogP contribution >= 0.6 is 11.6 Å². The highest BCUT2D eigenvalue weighted by atomic mass is 35.5. The van der Waals surface area contributed by atoms with Crippen molar-refractivity contribution in [3.05, 3.63) is 65.2 Å². The zero-order valence-electron chi connectivity index (χ0n) is 12.5. The Labute approximate surface area is 143 Å². The van der Waals surface area contributed by atoms with E-state index < -0.39 is 11.9 Å². The van der Waals surface area contributed by atoms with Crippen molar-refractivity contribution >= 4 is 35.0 Å². The molecule has 122 valence electrons. The van der Waals surface area contributed by atoms with E-state index >= 15 is 0 Å². The Morgan fingerprint density at radius 3 is 2.38 bits per heavy atom. The number of carbonyl (C=O) groups is 3. The summed E-state index contributed by atoms with van der Waals surface area (Å²) in [4.78, 5) is 37.6. The van der Waals surface area contributed by atoms with E-state index in [1.807, 2.05) is 0 Å². The molecule has 1 aliphatic rings. The molecule has 7 heteroatoms. The van der Waals surface area contributed by atoms with Crippen molar-refractivity contribution < 1.29 is 14.4 Å². The Hall–Kier alpha value is -2.70. The van der Waals surface area contributed by atoms with Gasteiger partial charge in [-0.2, -0.15) is 0 Å². The number of amides is 3. The van der Waals surface area contributed by atoms with E-state index in [1.165, 1.54) is 0 Å². The van der Waals surface area contributed by atoms with Crippen LogP contribution in [0.15, 0.2) is 54.6 Å². The molecule has 2 aromatic rings. The van der Waals surface area contributed by atoms with Gasteiger partial charge in [0.2, 0.25) is 5.91 Å². The monoisotopic (exact) mass is 343 g/mol. The molecule has 0 saturated carbocycles. The van der Waals surface area contributed by atoms with Gasteiger partial charge >= 0.3 is 0 Å². The molecule has 0 aromatic heterocycles. The van der Waals surface area contributed by atoms with E-state index in [-0.39, 0.29) is 18.2 Å². The number of nitrogens with one attached hydrogen (secondary N) is 2. The average molecular weight is 344 g/mol. The third-order valence-electron chi connectivity index (χ3n) is 3.63. The largest absolute Gasteiger partial charge is 0.287 e. The van der Waals surface area contributed by atoms with Crippen molar-refractivity contribution in [3.63, 3.8) is 0 Å². The topological polar surface area (TPSA) is 78.5 Å². The second-order valence-electron chi connectivity index (χ2n) is 5.27. The molecule has 1 atom stereocenters. The first kappa shape index (κ1) is 16.2. The van der Waals surface area contributed by atoms with Crippen LogP contribution in [0.5, 0.6) is 0 Å². The van der Waals surface area contributed by atoms with Crippen LogP contribution in [0.3, 0.4) is 0 Å². The van der Waals surface area contributed by atoms with Gasteiger partial charge in [0, 0.05) is 10.6 Å². The molecule has 1 saturated heterocycles. The van der Waals surface area contributed by atoms with Crippen LogP contribution in [0.25, 0.3) is 0 Å². The Morgan fingerprint density at radius 2 is 1.71 bits per heavy atom. The van der Waals surface area contributed by atoms with Gasteiger partial charge in [0.25, 0.3) is 11.8 Å². The van der Waals surface area contributed by atoms with Gasteiger partial charge in [0.1, 0.15) is 6.04 Å². The van der Waals surface area contributed by atoms with Crippen molar-refractivity contribution in [2.45, 2.75) is 12.5 Å². The number of hydrogen-bond acceptors (Lipinski definition) is 4. The van der Waals surface area contributed by atoms with E-state index in [4.69, 9.17) is 11.6 Å². The van der Waals surface area contributed by atoms with Crippen molar-refractivity contribution in [2.24, 2.45) is 0 Å². The number of nitrogens with zero attached hydrogens (tertiary/aromatic N) is 1. The predicted octanol–water partition coefficient (Wildman–Crippen LogP) is 1.91. The van der Waals surface area contributed by atoms with Gasteiger partial charge in [-0.1, -0.05) is 29.8 Å². The molecule has 24 heavy (non-hydrogen) atoms. The number of halogens is 1. The number of anilines is 1. The molecular weight excluding hydrogens is 330 g/mol. The number of hydrogen-bond donors (Lipinski definition) is 2. The first-order chi connectivity index (χ1) is 11.6. The molecule has 0 aliphatic carbocycles. The molecule has 0 bridgehead atoms. The quantitative estimate of drug-likeness (QED) is 0.656. The van der Waals surface area contributed by atoms with Gasteiger partial charge in [-0.25, -0.2) is 10.3 Å². The predicted molar refractivity (Wildman–Crippen MR) is 89.4 cm³/mol. The number of carbonyl (C=O) groups excluding carboxylic acids is 3. The van der Waals surface area contributed by atoms with Crippen LogP contribution < -0.4 is 15.8 Å². The van der Waals surface area contributed by atoms with Crippen molar-refractivity contribution in [2.75, 3.05) is 4.90 Å². The summed E-state index contributed by atoms with van der Waals surface area (Å²) in [5.41, 5.74) is 6.00. The fourth-order valence-electron chi connectivity index (χ4n) is 2.42.